The Morgan fingerprint density at radius 1 is 1.19 bits per heavy atom. The summed E-state index contributed by atoms with van der Waals surface area (Å²) in [4.78, 5) is 11.5. The number of hydrogen-bond donors (Lipinski definition) is 7. The van der Waals surface area contributed by atoms with E-state index in [9.17, 15) is 25.2 Å². The number of unbranched alkanes of at least 4 members (excludes halogenated alkanes) is 1. The summed E-state index contributed by atoms with van der Waals surface area (Å²) >= 11 is 0. The number of hydrogen-bond acceptors (Lipinski definition) is 8. The Morgan fingerprint density at radius 2 is 1.81 bits per heavy atom. The Bertz CT molecular complexity index is 356. The Labute approximate surface area is 122 Å². The summed E-state index contributed by atoms with van der Waals surface area (Å²) in [5.74, 6) is -2.84. The zero-order valence-electron chi connectivity index (χ0n) is 11.6. The van der Waals surface area contributed by atoms with Crippen LogP contribution in [0.3, 0.4) is 0 Å². The summed E-state index contributed by atoms with van der Waals surface area (Å²) in [6.45, 7) is -0.267. The molecule has 1 heterocycles. The van der Waals surface area contributed by atoms with Gasteiger partial charge in [0.15, 0.2) is 6.29 Å². The van der Waals surface area contributed by atoms with E-state index in [0.717, 1.165) is 0 Å². The van der Waals surface area contributed by atoms with E-state index in [1.165, 1.54) is 0 Å². The number of ether oxygens (including phenoxy) is 1. The summed E-state index contributed by atoms with van der Waals surface area (Å²) in [5.41, 5.74) is 9.24. The summed E-state index contributed by atoms with van der Waals surface area (Å²) in [5, 5.41) is 48.2. The van der Waals surface area contributed by atoms with Crippen molar-refractivity contribution >= 4 is 5.97 Å². The summed E-state index contributed by atoms with van der Waals surface area (Å²) in [7, 11) is 0. The fraction of sp³-hybridized carbons (Fsp3) is 0.917. The highest BCUT2D eigenvalue weighted by Gasteiger charge is 2.55. The van der Waals surface area contributed by atoms with Crippen molar-refractivity contribution in [3.63, 3.8) is 0 Å². The molecule has 9 heteroatoms. The molecule has 0 bridgehead atoms. The molecule has 124 valence electrons. The predicted octanol–water partition coefficient (Wildman–Crippen LogP) is -3.05. The molecule has 0 aromatic heterocycles. The first-order valence-electron chi connectivity index (χ1n) is 6.82. The van der Waals surface area contributed by atoms with Crippen LogP contribution in [0.15, 0.2) is 0 Å². The third-order valence-corrected chi connectivity index (χ3v) is 3.94. The van der Waals surface area contributed by atoms with Gasteiger partial charge in [-0.15, -0.1) is 0 Å². The molecule has 21 heavy (non-hydrogen) atoms. The molecule has 1 rings (SSSR count). The van der Waals surface area contributed by atoms with Gasteiger partial charge in [0.2, 0.25) is 0 Å². The topological polar surface area (TPSA) is 179 Å². The van der Waals surface area contributed by atoms with Crippen LogP contribution in [0.25, 0.3) is 0 Å². The van der Waals surface area contributed by atoms with Gasteiger partial charge in [0.1, 0.15) is 17.7 Å². The molecule has 9 N–H and O–H groups in total. The van der Waals surface area contributed by atoms with Crippen LogP contribution in [0.4, 0.5) is 0 Å². The first-order chi connectivity index (χ1) is 9.79. The van der Waals surface area contributed by atoms with Gasteiger partial charge in [-0.25, -0.2) is 0 Å². The van der Waals surface area contributed by atoms with Crippen LogP contribution in [-0.4, -0.2) is 74.8 Å². The first-order valence-corrected chi connectivity index (χ1v) is 6.82. The molecule has 1 saturated heterocycles. The summed E-state index contributed by atoms with van der Waals surface area (Å²) in [6, 6.07) is 0. The van der Waals surface area contributed by atoms with Crippen molar-refractivity contribution in [1.29, 1.82) is 0 Å². The second-order valence-electron chi connectivity index (χ2n) is 5.35. The van der Waals surface area contributed by atoms with E-state index >= 15 is 0 Å². The molecule has 0 aromatic rings. The van der Waals surface area contributed by atoms with E-state index in [4.69, 9.17) is 21.3 Å². The van der Waals surface area contributed by atoms with Crippen molar-refractivity contribution in [3.8, 4) is 0 Å². The molecule has 0 aliphatic carbocycles. The van der Waals surface area contributed by atoms with Crippen LogP contribution in [-0.2, 0) is 9.53 Å². The highest BCUT2D eigenvalue weighted by molar-refractivity contribution is 5.79. The van der Waals surface area contributed by atoms with E-state index in [0.29, 0.717) is 19.4 Å². The van der Waals surface area contributed by atoms with E-state index < -0.39 is 48.6 Å². The van der Waals surface area contributed by atoms with Gasteiger partial charge in [0.25, 0.3) is 0 Å². The van der Waals surface area contributed by atoms with Crippen molar-refractivity contribution in [2.75, 3.05) is 13.2 Å². The number of carbonyl (C=O) groups is 1. The number of aliphatic hydroxyl groups is 4. The van der Waals surface area contributed by atoms with Gasteiger partial charge in [-0.1, -0.05) is 0 Å². The first kappa shape index (κ1) is 18.2. The lowest BCUT2D eigenvalue weighted by Crippen LogP contribution is -2.68. The average molecular weight is 308 g/mol. The summed E-state index contributed by atoms with van der Waals surface area (Å²) < 4.78 is 4.96. The molecule has 1 aliphatic heterocycles. The Balaban J connectivity index is 2.98. The lowest BCUT2D eigenvalue weighted by Gasteiger charge is -2.46. The third kappa shape index (κ3) is 3.69. The Kier molecular flexibility index (Phi) is 6.47. The van der Waals surface area contributed by atoms with Crippen LogP contribution >= 0.6 is 0 Å². The smallest absolute Gasteiger partial charge is 0.324 e. The largest absolute Gasteiger partial charge is 0.480 e. The number of aliphatic carboxylic acids is 1. The van der Waals surface area contributed by atoms with E-state index in [-0.39, 0.29) is 6.42 Å². The number of rotatable bonds is 7. The molecule has 6 atom stereocenters. The number of carboxylic acid groups (broad SMARTS) is 1. The van der Waals surface area contributed by atoms with Crippen molar-refractivity contribution < 1.29 is 35.1 Å². The number of carboxylic acids is 1. The van der Waals surface area contributed by atoms with Gasteiger partial charge in [0.05, 0.1) is 18.6 Å². The second kappa shape index (κ2) is 7.45. The molecule has 0 spiro atoms. The predicted molar refractivity (Wildman–Crippen MR) is 70.9 cm³/mol. The average Bonchev–Trinajstić information content (AvgIpc) is 2.43. The lowest BCUT2D eigenvalue weighted by atomic mass is 9.73. The van der Waals surface area contributed by atoms with Gasteiger partial charge < -0.3 is 41.7 Å². The van der Waals surface area contributed by atoms with E-state index in [2.05, 4.69) is 0 Å². The maximum absolute atomic E-state index is 11.5. The molecule has 2 unspecified atom stereocenters. The van der Waals surface area contributed by atoms with Crippen molar-refractivity contribution in [3.05, 3.63) is 0 Å². The molecular formula is C12H24N2O7. The lowest BCUT2D eigenvalue weighted by molar-refractivity contribution is -0.281. The molecule has 0 amide bonds. The number of aliphatic hydroxyl groups excluding tert-OH is 4. The minimum absolute atomic E-state index is 0.0435. The van der Waals surface area contributed by atoms with Crippen LogP contribution in [0.2, 0.25) is 0 Å². The fourth-order valence-corrected chi connectivity index (χ4v) is 2.63. The Hall–Kier alpha value is -0.810. The molecular weight excluding hydrogens is 284 g/mol. The molecule has 0 saturated carbocycles. The maximum atomic E-state index is 11.5. The Morgan fingerprint density at radius 3 is 2.29 bits per heavy atom. The quantitative estimate of drug-likeness (QED) is 0.240. The minimum Gasteiger partial charge on any atom is -0.480 e. The van der Waals surface area contributed by atoms with Crippen molar-refractivity contribution in [2.45, 2.75) is 49.4 Å². The van der Waals surface area contributed by atoms with Gasteiger partial charge in [-0.3, -0.25) is 4.79 Å². The van der Waals surface area contributed by atoms with Crippen LogP contribution in [0.5, 0.6) is 0 Å². The van der Waals surface area contributed by atoms with Crippen LogP contribution < -0.4 is 11.5 Å². The van der Waals surface area contributed by atoms with Crippen LogP contribution in [0.1, 0.15) is 19.3 Å². The zero-order chi connectivity index (χ0) is 16.2. The van der Waals surface area contributed by atoms with E-state index in [1.54, 1.807) is 0 Å². The normalized spacial score (nSPS) is 36.2. The van der Waals surface area contributed by atoms with Gasteiger partial charge in [0, 0.05) is 0 Å². The molecule has 9 nitrogen and oxygen atoms in total. The van der Waals surface area contributed by atoms with Crippen molar-refractivity contribution in [2.24, 2.45) is 17.4 Å². The SMILES string of the molecule is NCCCCC(N)(C(=O)O)C1[C@@H](O)[C@H](O)[C@@H](CO)O[C@@H]1O. The second-order valence-corrected chi connectivity index (χ2v) is 5.35. The third-order valence-electron chi connectivity index (χ3n) is 3.94. The van der Waals surface area contributed by atoms with Gasteiger partial charge in [-0.2, -0.15) is 0 Å². The highest BCUT2D eigenvalue weighted by Crippen LogP contribution is 2.35. The summed E-state index contributed by atoms with van der Waals surface area (Å²) in [6.07, 6.45) is -5.21. The highest BCUT2D eigenvalue weighted by atomic mass is 16.6. The standard InChI is InChI=1S/C12H24N2O7/c13-4-2-1-3-12(14,11(19)20)7-9(17)8(16)6(5-15)21-10(7)18/h6-10,15-18H,1-5,13-14H2,(H,19,20)/t6-,7?,8-,9-,10+,12?/m1/s1. The minimum atomic E-state index is -1.98. The van der Waals surface area contributed by atoms with Gasteiger partial charge in [-0.05, 0) is 25.8 Å². The monoisotopic (exact) mass is 308 g/mol. The fourth-order valence-electron chi connectivity index (χ4n) is 2.63. The molecule has 1 fully saturated rings. The van der Waals surface area contributed by atoms with Crippen LogP contribution in [0, 0.1) is 5.92 Å². The molecule has 1 aliphatic rings. The molecule has 0 radical (unpaired) electrons. The number of nitrogens with two attached hydrogens (primary N) is 2. The zero-order valence-corrected chi connectivity index (χ0v) is 11.6. The van der Waals surface area contributed by atoms with E-state index in [1.807, 2.05) is 0 Å². The van der Waals surface area contributed by atoms with Gasteiger partial charge >= 0.3 is 5.97 Å². The maximum Gasteiger partial charge on any atom is 0.324 e. The van der Waals surface area contributed by atoms with Crippen molar-refractivity contribution in [1.82, 2.24) is 0 Å². The molecule has 0 aromatic carbocycles.